The van der Waals surface area contributed by atoms with Crippen LogP contribution in [0.5, 0.6) is 0 Å². The first-order chi connectivity index (χ1) is 8.97. The van der Waals surface area contributed by atoms with Gasteiger partial charge in [0.1, 0.15) is 0 Å². The first-order valence-electron chi connectivity index (χ1n) is 5.45. The van der Waals surface area contributed by atoms with Gasteiger partial charge in [0.25, 0.3) is 5.91 Å². The van der Waals surface area contributed by atoms with Crippen molar-refractivity contribution in [2.45, 2.75) is 6.92 Å². The van der Waals surface area contributed by atoms with E-state index in [4.69, 9.17) is 28.9 Å². The lowest BCUT2D eigenvalue weighted by molar-refractivity contribution is 0.102. The maximum atomic E-state index is 12.1. The highest BCUT2D eigenvalue weighted by Crippen LogP contribution is 2.29. The molecule has 0 aliphatic carbocycles. The minimum Gasteiger partial charge on any atom is -0.399 e. The van der Waals surface area contributed by atoms with Crippen LogP contribution in [0.2, 0.25) is 10.0 Å². The van der Waals surface area contributed by atoms with Crippen molar-refractivity contribution in [3.63, 3.8) is 0 Å². The second kappa shape index (κ2) is 5.47. The first kappa shape index (κ1) is 13.6. The van der Waals surface area contributed by atoms with E-state index in [-0.39, 0.29) is 21.5 Å². The number of hydrogen-bond acceptors (Lipinski definition) is 3. The van der Waals surface area contributed by atoms with Crippen molar-refractivity contribution >= 4 is 40.5 Å². The van der Waals surface area contributed by atoms with Crippen LogP contribution in [0, 0.1) is 6.92 Å². The van der Waals surface area contributed by atoms with E-state index >= 15 is 0 Å². The van der Waals surface area contributed by atoms with Crippen molar-refractivity contribution in [3.8, 4) is 0 Å². The zero-order valence-electron chi connectivity index (χ0n) is 10.1. The average molecular weight is 296 g/mol. The summed E-state index contributed by atoms with van der Waals surface area (Å²) < 4.78 is 0. The number of aryl methyl sites for hydroxylation is 1. The van der Waals surface area contributed by atoms with E-state index in [9.17, 15) is 4.79 Å². The molecule has 1 amide bonds. The van der Waals surface area contributed by atoms with Gasteiger partial charge in [-0.05, 0) is 30.7 Å². The number of benzene rings is 1. The van der Waals surface area contributed by atoms with Crippen molar-refractivity contribution in [1.82, 2.24) is 4.98 Å². The third-order valence-corrected chi connectivity index (χ3v) is 3.23. The molecule has 0 saturated carbocycles. The van der Waals surface area contributed by atoms with Gasteiger partial charge in [-0.1, -0.05) is 23.2 Å². The van der Waals surface area contributed by atoms with Crippen LogP contribution in [0.1, 0.15) is 15.9 Å². The number of nitrogen functional groups attached to an aromatic ring is 1. The van der Waals surface area contributed by atoms with Gasteiger partial charge in [-0.15, -0.1) is 0 Å². The highest BCUT2D eigenvalue weighted by Gasteiger charge is 2.14. The number of rotatable bonds is 2. The average Bonchev–Trinajstić information content (AvgIpc) is 2.33. The van der Waals surface area contributed by atoms with Gasteiger partial charge in [-0.3, -0.25) is 9.78 Å². The van der Waals surface area contributed by atoms with Crippen LogP contribution in [0.25, 0.3) is 0 Å². The van der Waals surface area contributed by atoms with E-state index in [1.165, 1.54) is 12.1 Å². The Morgan fingerprint density at radius 2 is 2.00 bits per heavy atom. The molecule has 0 atom stereocenters. The summed E-state index contributed by atoms with van der Waals surface area (Å²) in [7, 11) is 0. The molecule has 0 unspecified atom stereocenters. The second-order valence-electron chi connectivity index (χ2n) is 4.07. The Hall–Kier alpha value is -1.78. The molecular formula is C13H11Cl2N3O. The molecule has 0 radical (unpaired) electrons. The number of hydrogen-bond donors (Lipinski definition) is 2. The molecule has 3 N–H and O–H groups in total. The molecule has 0 fully saturated rings. The predicted molar refractivity (Wildman–Crippen MR) is 77.8 cm³/mol. The highest BCUT2D eigenvalue weighted by molar-refractivity contribution is 6.44. The number of amides is 1. The molecular weight excluding hydrogens is 285 g/mol. The molecule has 19 heavy (non-hydrogen) atoms. The lowest BCUT2D eigenvalue weighted by atomic mass is 10.2. The van der Waals surface area contributed by atoms with E-state index in [2.05, 4.69) is 10.3 Å². The molecule has 1 aromatic heterocycles. The second-order valence-corrected chi connectivity index (χ2v) is 4.85. The molecule has 0 aliphatic heterocycles. The molecule has 1 aromatic carbocycles. The minimum absolute atomic E-state index is 0.175. The SMILES string of the molecule is Cc1cncc(NC(=O)c2cc(N)cc(Cl)c2Cl)c1. The Bertz CT molecular complexity index is 644. The van der Waals surface area contributed by atoms with Gasteiger partial charge in [0.15, 0.2) is 0 Å². The smallest absolute Gasteiger partial charge is 0.257 e. The topological polar surface area (TPSA) is 68.0 Å². The third-order valence-electron chi connectivity index (χ3n) is 2.43. The molecule has 0 saturated heterocycles. The standard InChI is InChI=1S/C13H11Cl2N3O/c1-7-2-9(6-17-5-7)18-13(19)10-3-8(16)4-11(14)12(10)15/h2-6H,16H2,1H3,(H,18,19). The zero-order valence-corrected chi connectivity index (χ0v) is 11.6. The molecule has 4 nitrogen and oxygen atoms in total. The summed E-state index contributed by atoms with van der Waals surface area (Å²) >= 11 is 11.9. The van der Waals surface area contributed by atoms with Crippen LogP contribution in [0.4, 0.5) is 11.4 Å². The van der Waals surface area contributed by atoms with E-state index in [1.54, 1.807) is 18.5 Å². The van der Waals surface area contributed by atoms with E-state index in [1.807, 2.05) is 6.92 Å². The summed E-state index contributed by atoms with van der Waals surface area (Å²) in [5.41, 5.74) is 7.78. The zero-order chi connectivity index (χ0) is 14.0. The number of anilines is 2. The monoisotopic (exact) mass is 295 g/mol. The molecule has 98 valence electrons. The van der Waals surface area contributed by atoms with Crippen LogP contribution in [-0.4, -0.2) is 10.9 Å². The Morgan fingerprint density at radius 1 is 1.26 bits per heavy atom. The Balaban J connectivity index is 2.30. The van der Waals surface area contributed by atoms with Crippen molar-refractivity contribution in [2.24, 2.45) is 0 Å². The van der Waals surface area contributed by atoms with Crippen molar-refractivity contribution in [2.75, 3.05) is 11.1 Å². The minimum atomic E-state index is -0.383. The van der Waals surface area contributed by atoms with Gasteiger partial charge in [-0.2, -0.15) is 0 Å². The Morgan fingerprint density at radius 3 is 2.68 bits per heavy atom. The Kier molecular flexibility index (Phi) is 3.93. The summed E-state index contributed by atoms with van der Waals surface area (Å²) in [4.78, 5) is 16.1. The summed E-state index contributed by atoms with van der Waals surface area (Å²) in [6.45, 7) is 1.88. The van der Waals surface area contributed by atoms with Gasteiger partial charge >= 0.3 is 0 Å². The molecule has 2 aromatic rings. The van der Waals surface area contributed by atoms with E-state index < -0.39 is 0 Å². The van der Waals surface area contributed by atoms with Crippen molar-refractivity contribution < 1.29 is 4.79 Å². The first-order valence-corrected chi connectivity index (χ1v) is 6.20. The summed E-state index contributed by atoms with van der Waals surface area (Å²) in [6.07, 6.45) is 3.24. The number of nitrogens with two attached hydrogens (primary N) is 1. The molecule has 6 heteroatoms. The van der Waals surface area contributed by atoms with Crippen LogP contribution < -0.4 is 11.1 Å². The van der Waals surface area contributed by atoms with Crippen molar-refractivity contribution in [1.29, 1.82) is 0 Å². The number of halogens is 2. The summed E-state index contributed by atoms with van der Waals surface area (Å²) in [6, 6.07) is 4.77. The Labute approximate surface area is 120 Å². The fourth-order valence-corrected chi connectivity index (χ4v) is 2.02. The maximum absolute atomic E-state index is 12.1. The summed E-state index contributed by atoms with van der Waals surface area (Å²) in [5.74, 6) is -0.383. The lowest BCUT2D eigenvalue weighted by Crippen LogP contribution is -2.13. The maximum Gasteiger partial charge on any atom is 0.257 e. The van der Waals surface area contributed by atoms with Gasteiger partial charge in [0, 0.05) is 11.9 Å². The normalized spacial score (nSPS) is 10.3. The van der Waals surface area contributed by atoms with Crippen molar-refractivity contribution in [3.05, 3.63) is 51.8 Å². The van der Waals surface area contributed by atoms with Crippen LogP contribution >= 0.6 is 23.2 Å². The number of nitrogens with zero attached hydrogens (tertiary/aromatic N) is 1. The van der Waals surface area contributed by atoms with E-state index in [0.717, 1.165) is 5.56 Å². The predicted octanol–water partition coefficient (Wildman–Crippen LogP) is 3.53. The van der Waals surface area contributed by atoms with Crippen LogP contribution in [0.3, 0.4) is 0 Å². The van der Waals surface area contributed by atoms with Crippen LogP contribution in [0.15, 0.2) is 30.6 Å². The van der Waals surface area contributed by atoms with Gasteiger partial charge in [-0.25, -0.2) is 0 Å². The number of nitrogens with one attached hydrogen (secondary N) is 1. The summed E-state index contributed by atoms with van der Waals surface area (Å²) in [5, 5.41) is 3.11. The highest BCUT2D eigenvalue weighted by atomic mass is 35.5. The number of pyridine rings is 1. The fourth-order valence-electron chi connectivity index (χ4n) is 1.60. The van der Waals surface area contributed by atoms with E-state index in [0.29, 0.717) is 11.4 Å². The van der Waals surface area contributed by atoms with Gasteiger partial charge in [0.2, 0.25) is 0 Å². The third kappa shape index (κ3) is 3.16. The lowest BCUT2D eigenvalue weighted by Gasteiger charge is -2.09. The largest absolute Gasteiger partial charge is 0.399 e. The number of aromatic nitrogens is 1. The van der Waals surface area contributed by atoms with Crippen LogP contribution in [-0.2, 0) is 0 Å². The molecule has 1 heterocycles. The number of carbonyl (C=O) groups excluding carboxylic acids is 1. The molecule has 0 spiro atoms. The fraction of sp³-hybridized carbons (Fsp3) is 0.0769. The number of carbonyl (C=O) groups is 1. The quantitative estimate of drug-likeness (QED) is 0.833. The molecule has 2 rings (SSSR count). The van der Waals surface area contributed by atoms with Gasteiger partial charge in [0.05, 0.1) is 27.5 Å². The van der Waals surface area contributed by atoms with Gasteiger partial charge < -0.3 is 11.1 Å². The molecule has 0 aliphatic rings. The molecule has 0 bridgehead atoms.